The third-order valence-electron chi connectivity index (χ3n) is 5.82. The number of hydrogen-bond acceptors (Lipinski definition) is 2. The van der Waals surface area contributed by atoms with Gasteiger partial charge < -0.3 is 4.74 Å². The summed E-state index contributed by atoms with van der Waals surface area (Å²) in [7, 11) is 0. The Morgan fingerprint density at radius 2 is 1.71 bits per heavy atom. The molecular weight excluding hydrogens is 351 g/mol. The minimum absolute atomic E-state index is 0.124. The largest absolute Gasteiger partial charge is 0.461 e. The normalized spacial score (nSPS) is 20.5. The number of halogens is 1. The van der Waals surface area contributed by atoms with Crippen LogP contribution >= 0.6 is 0 Å². The van der Waals surface area contributed by atoms with Gasteiger partial charge in [0.05, 0.1) is 0 Å². The molecule has 0 aromatic heterocycles. The lowest BCUT2D eigenvalue weighted by Crippen LogP contribution is -2.33. The summed E-state index contributed by atoms with van der Waals surface area (Å²) in [6.07, 6.45) is 1.21. The first-order valence-electron chi connectivity index (χ1n) is 9.64. The van der Waals surface area contributed by atoms with Gasteiger partial charge in [0, 0.05) is 29.9 Å². The molecule has 0 fully saturated rings. The third-order valence-corrected chi connectivity index (χ3v) is 5.82. The number of hydrogen-bond donors (Lipinski definition) is 0. The van der Waals surface area contributed by atoms with Crippen molar-refractivity contribution in [2.24, 2.45) is 5.41 Å². The van der Waals surface area contributed by atoms with Crippen molar-refractivity contribution in [1.29, 1.82) is 0 Å². The second-order valence-corrected chi connectivity index (χ2v) is 8.56. The van der Waals surface area contributed by atoms with Gasteiger partial charge in [-0.1, -0.05) is 56.3 Å². The summed E-state index contributed by atoms with van der Waals surface area (Å²) in [6.45, 7) is 4.20. The van der Waals surface area contributed by atoms with Gasteiger partial charge in [-0.15, -0.1) is 0 Å². The topological polar surface area (TPSA) is 26.3 Å². The molecule has 0 spiro atoms. The molecular formula is C25H21FO2. The molecule has 0 unspecified atom stereocenters. The summed E-state index contributed by atoms with van der Waals surface area (Å²) in [5, 5.41) is 2.17. The Morgan fingerprint density at radius 1 is 0.964 bits per heavy atom. The number of ether oxygens (including phenoxy) is 1. The summed E-state index contributed by atoms with van der Waals surface area (Å²) < 4.78 is 19.9. The summed E-state index contributed by atoms with van der Waals surface area (Å²) in [5.74, 6) is 1.16. The summed E-state index contributed by atoms with van der Waals surface area (Å²) in [5.41, 5.74) is 2.52. The number of fused-ring (bicyclic) bond motifs is 3. The van der Waals surface area contributed by atoms with E-state index in [0.717, 1.165) is 45.4 Å². The minimum Gasteiger partial charge on any atom is -0.461 e. The standard InChI is InChI=1S/C25H21FO2/c1-25(2)13-19(27)24-21(14-25)28-20-12-9-15-5-3-4-6-18(15)23(20)22(24)16-7-10-17(26)11-8-16/h3-12,22H,13-14H2,1-2H3/t22-/m1/s1. The molecule has 1 aliphatic carbocycles. The summed E-state index contributed by atoms with van der Waals surface area (Å²) in [6, 6.07) is 18.7. The van der Waals surface area contributed by atoms with E-state index in [4.69, 9.17) is 4.74 Å². The average molecular weight is 372 g/mol. The Kier molecular flexibility index (Phi) is 3.70. The number of Topliss-reactive ketones (excluding diaryl/α,β-unsaturated/α-hetero) is 1. The van der Waals surface area contributed by atoms with Crippen molar-refractivity contribution in [2.45, 2.75) is 32.6 Å². The first-order valence-corrected chi connectivity index (χ1v) is 9.64. The lowest BCUT2D eigenvalue weighted by atomic mass is 9.69. The van der Waals surface area contributed by atoms with E-state index in [9.17, 15) is 9.18 Å². The van der Waals surface area contributed by atoms with E-state index in [-0.39, 0.29) is 22.9 Å². The van der Waals surface area contributed by atoms with Gasteiger partial charge in [0.2, 0.25) is 0 Å². The van der Waals surface area contributed by atoms with Crippen molar-refractivity contribution in [3.8, 4) is 5.75 Å². The molecule has 1 heterocycles. The Labute approximate surface area is 163 Å². The predicted molar refractivity (Wildman–Crippen MR) is 108 cm³/mol. The minimum atomic E-state index is -0.278. The molecule has 2 aliphatic rings. The predicted octanol–water partition coefficient (Wildman–Crippen LogP) is 6.15. The van der Waals surface area contributed by atoms with Gasteiger partial charge in [0.25, 0.3) is 0 Å². The van der Waals surface area contributed by atoms with Crippen molar-refractivity contribution < 1.29 is 13.9 Å². The van der Waals surface area contributed by atoms with Crippen LogP contribution in [0.25, 0.3) is 10.8 Å². The van der Waals surface area contributed by atoms with Crippen LogP contribution in [0.15, 0.2) is 72.0 Å². The highest BCUT2D eigenvalue weighted by Crippen LogP contribution is 2.51. The van der Waals surface area contributed by atoms with Gasteiger partial charge in [-0.2, -0.15) is 0 Å². The van der Waals surface area contributed by atoms with Crippen LogP contribution in [0.1, 0.15) is 43.7 Å². The van der Waals surface area contributed by atoms with Gasteiger partial charge in [0.1, 0.15) is 17.3 Å². The molecule has 0 bridgehead atoms. The molecule has 140 valence electrons. The van der Waals surface area contributed by atoms with Crippen molar-refractivity contribution in [1.82, 2.24) is 0 Å². The van der Waals surface area contributed by atoms with E-state index in [0.29, 0.717) is 6.42 Å². The Bertz CT molecular complexity index is 1140. The molecule has 3 aromatic carbocycles. The highest BCUT2D eigenvalue weighted by molar-refractivity contribution is 6.02. The number of rotatable bonds is 1. The summed E-state index contributed by atoms with van der Waals surface area (Å²) >= 11 is 0. The van der Waals surface area contributed by atoms with Gasteiger partial charge >= 0.3 is 0 Å². The Balaban J connectivity index is 1.81. The zero-order chi connectivity index (χ0) is 19.5. The molecule has 1 atom stereocenters. The quantitative estimate of drug-likeness (QED) is 0.512. The van der Waals surface area contributed by atoms with Crippen LogP contribution in [0.3, 0.4) is 0 Å². The molecule has 0 N–H and O–H groups in total. The van der Waals surface area contributed by atoms with Crippen LogP contribution in [0, 0.1) is 11.2 Å². The van der Waals surface area contributed by atoms with Crippen molar-refractivity contribution in [2.75, 3.05) is 0 Å². The maximum absolute atomic E-state index is 13.6. The maximum atomic E-state index is 13.6. The molecule has 28 heavy (non-hydrogen) atoms. The zero-order valence-corrected chi connectivity index (χ0v) is 16.0. The van der Waals surface area contributed by atoms with E-state index in [1.165, 1.54) is 12.1 Å². The lowest BCUT2D eigenvalue weighted by Gasteiger charge is -2.38. The monoisotopic (exact) mass is 372 g/mol. The van der Waals surface area contributed by atoms with Crippen molar-refractivity contribution >= 4 is 16.6 Å². The molecule has 3 heteroatoms. The van der Waals surface area contributed by atoms with Crippen molar-refractivity contribution in [3.63, 3.8) is 0 Å². The molecule has 0 saturated heterocycles. The van der Waals surface area contributed by atoms with Gasteiger partial charge in [-0.05, 0) is 39.9 Å². The van der Waals surface area contributed by atoms with Crippen LogP contribution < -0.4 is 4.74 Å². The highest BCUT2D eigenvalue weighted by Gasteiger charge is 2.42. The number of allylic oxidation sites excluding steroid dienone is 2. The van der Waals surface area contributed by atoms with Gasteiger partial charge in [-0.25, -0.2) is 4.39 Å². The van der Waals surface area contributed by atoms with E-state index in [1.54, 1.807) is 12.1 Å². The first kappa shape index (κ1) is 17.2. The van der Waals surface area contributed by atoms with Crippen LogP contribution in [0.4, 0.5) is 4.39 Å². The number of carbonyl (C=O) groups is 1. The number of ketones is 1. The highest BCUT2D eigenvalue weighted by atomic mass is 19.1. The van der Waals surface area contributed by atoms with Crippen LogP contribution in [0.2, 0.25) is 0 Å². The van der Waals surface area contributed by atoms with E-state index < -0.39 is 0 Å². The van der Waals surface area contributed by atoms with Gasteiger partial charge in [0.15, 0.2) is 5.78 Å². The molecule has 0 radical (unpaired) electrons. The SMILES string of the molecule is CC1(C)CC(=O)C2=C(C1)Oc1ccc3ccccc3c1[C@H]2c1ccc(F)cc1. The molecule has 1 aliphatic heterocycles. The maximum Gasteiger partial charge on any atom is 0.163 e. The fourth-order valence-corrected chi connectivity index (χ4v) is 4.62. The first-order chi connectivity index (χ1) is 13.4. The van der Waals surface area contributed by atoms with E-state index >= 15 is 0 Å². The lowest BCUT2D eigenvalue weighted by molar-refractivity contribution is -0.118. The Hall–Kier alpha value is -2.94. The number of benzene rings is 3. The molecule has 5 rings (SSSR count). The second-order valence-electron chi connectivity index (χ2n) is 8.56. The van der Waals surface area contributed by atoms with Crippen LogP contribution in [0.5, 0.6) is 5.75 Å². The van der Waals surface area contributed by atoms with Crippen LogP contribution in [-0.4, -0.2) is 5.78 Å². The molecule has 0 amide bonds. The van der Waals surface area contributed by atoms with E-state index in [1.807, 2.05) is 18.2 Å². The van der Waals surface area contributed by atoms with Crippen molar-refractivity contribution in [3.05, 3.63) is 88.9 Å². The average Bonchev–Trinajstić information content (AvgIpc) is 2.66. The fraction of sp³-hybridized carbons (Fsp3) is 0.240. The van der Waals surface area contributed by atoms with Crippen LogP contribution in [-0.2, 0) is 4.79 Å². The third kappa shape index (κ3) is 2.65. The fourth-order valence-electron chi connectivity index (χ4n) is 4.62. The second kappa shape index (κ2) is 6.03. The molecule has 2 nitrogen and oxygen atoms in total. The molecule has 0 saturated carbocycles. The number of carbonyl (C=O) groups excluding carboxylic acids is 1. The smallest absolute Gasteiger partial charge is 0.163 e. The zero-order valence-electron chi connectivity index (χ0n) is 16.0. The summed E-state index contributed by atoms with van der Waals surface area (Å²) in [4.78, 5) is 13.2. The van der Waals surface area contributed by atoms with Gasteiger partial charge in [-0.3, -0.25) is 4.79 Å². The Morgan fingerprint density at radius 3 is 2.50 bits per heavy atom. The molecule has 3 aromatic rings. The van der Waals surface area contributed by atoms with E-state index in [2.05, 4.69) is 32.0 Å².